The third-order valence-electron chi connectivity index (χ3n) is 6.89. The summed E-state index contributed by atoms with van der Waals surface area (Å²) in [6.07, 6.45) is 0.829. The fourth-order valence-electron chi connectivity index (χ4n) is 4.94. The van der Waals surface area contributed by atoms with E-state index in [1.165, 1.54) is 33.4 Å². The second kappa shape index (κ2) is 8.47. The summed E-state index contributed by atoms with van der Waals surface area (Å²) in [6.45, 7) is 0. The Hall–Kier alpha value is -4.76. The Kier molecular flexibility index (Phi) is 4.85. The molecule has 0 saturated carbocycles. The molecular weight excluding hydrogens is 438 g/mol. The van der Waals surface area contributed by atoms with Crippen LogP contribution in [0.4, 0.5) is 5.69 Å². The average Bonchev–Trinajstić information content (AvgIpc) is 3.56. The first-order valence-corrected chi connectivity index (χ1v) is 12.2. The van der Waals surface area contributed by atoms with Crippen molar-refractivity contribution in [3.63, 3.8) is 0 Å². The molecule has 3 heteroatoms. The Morgan fingerprint density at radius 3 is 1.67 bits per heavy atom. The first-order chi connectivity index (χ1) is 17.8. The van der Waals surface area contributed by atoms with Gasteiger partial charge in [0.25, 0.3) is 0 Å². The van der Waals surface area contributed by atoms with E-state index in [0.717, 1.165) is 40.2 Å². The van der Waals surface area contributed by atoms with Gasteiger partial charge in [0.2, 0.25) is 0 Å². The number of aliphatic imine (C=N–C) groups is 1. The molecule has 5 aromatic carbocycles. The Balaban J connectivity index is 1.15. The number of nitrogens with zero attached hydrogens (tertiary/aromatic N) is 2. The fraction of sp³-hybridized carbons (Fsp3) is 0.0303. The van der Waals surface area contributed by atoms with Gasteiger partial charge in [0, 0.05) is 12.0 Å². The number of benzene rings is 5. The molecule has 0 bridgehead atoms. The number of imidazole rings is 1. The first-order valence-electron chi connectivity index (χ1n) is 12.2. The molecular formula is C33H23N3. The van der Waals surface area contributed by atoms with E-state index < -0.39 is 0 Å². The van der Waals surface area contributed by atoms with Crippen LogP contribution in [0.2, 0.25) is 0 Å². The highest BCUT2D eigenvalue weighted by Crippen LogP contribution is 2.34. The highest BCUT2D eigenvalue weighted by Gasteiger charge is 2.18. The van der Waals surface area contributed by atoms with Crippen molar-refractivity contribution in [2.45, 2.75) is 6.42 Å². The fourth-order valence-corrected chi connectivity index (χ4v) is 4.94. The van der Waals surface area contributed by atoms with Crippen molar-refractivity contribution in [3.05, 3.63) is 132 Å². The number of aromatic nitrogens is 2. The van der Waals surface area contributed by atoms with Crippen molar-refractivity contribution in [1.29, 1.82) is 0 Å². The topological polar surface area (TPSA) is 41.0 Å². The summed E-state index contributed by atoms with van der Waals surface area (Å²) in [5.41, 5.74) is 12.5. The van der Waals surface area contributed by atoms with Crippen LogP contribution in [-0.4, -0.2) is 15.7 Å². The minimum Gasteiger partial charge on any atom is -0.338 e. The van der Waals surface area contributed by atoms with Crippen LogP contribution in [-0.2, 0) is 6.42 Å². The molecule has 0 fully saturated rings. The zero-order valence-electron chi connectivity index (χ0n) is 19.6. The van der Waals surface area contributed by atoms with Crippen molar-refractivity contribution in [1.82, 2.24) is 9.97 Å². The van der Waals surface area contributed by atoms with E-state index in [2.05, 4.69) is 114 Å². The monoisotopic (exact) mass is 461 g/mol. The number of H-pyrrole nitrogens is 1. The summed E-state index contributed by atoms with van der Waals surface area (Å²) in [7, 11) is 0. The lowest BCUT2D eigenvalue weighted by atomic mass is 10.00. The van der Waals surface area contributed by atoms with Crippen LogP contribution in [0.1, 0.15) is 11.1 Å². The molecule has 7 rings (SSSR count). The lowest BCUT2D eigenvalue weighted by molar-refractivity contribution is 1.33. The number of hydrogen-bond acceptors (Lipinski definition) is 2. The Morgan fingerprint density at radius 1 is 0.528 bits per heavy atom. The van der Waals surface area contributed by atoms with Gasteiger partial charge in [-0.25, -0.2) is 4.98 Å². The minimum atomic E-state index is 0.829. The summed E-state index contributed by atoms with van der Waals surface area (Å²) in [4.78, 5) is 13.4. The SMILES string of the molecule is c1ccc(-c2ccc(C3=Nc4cc5nc(-c6ccc(-c7ccccc7)cc6)[nH]c5cc4C3)cc2)cc1. The number of nitrogens with one attached hydrogen (secondary N) is 1. The summed E-state index contributed by atoms with van der Waals surface area (Å²) in [5.74, 6) is 0.883. The van der Waals surface area contributed by atoms with Gasteiger partial charge in [-0.3, -0.25) is 4.99 Å². The maximum Gasteiger partial charge on any atom is 0.138 e. The molecule has 3 nitrogen and oxygen atoms in total. The molecule has 6 aromatic rings. The molecule has 0 aliphatic carbocycles. The molecule has 2 heterocycles. The lowest BCUT2D eigenvalue weighted by Crippen LogP contribution is -1.99. The van der Waals surface area contributed by atoms with Gasteiger partial charge in [-0.1, -0.05) is 109 Å². The van der Waals surface area contributed by atoms with Gasteiger partial charge in [0.1, 0.15) is 5.82 Å². The van der Waals surface area contributed by atoms with Crippen LogP contribution in [0, 0.1) is 0 Å². The molecule has 1 N–H and O–H groups in total. The molecule has 0 atom stereocenters. The van der Waals surface area contributed by atoms with Crippen LogP contribution in [0.15, 0.2) is 126 Å². The molecule has 1 aromatic heterocycles. The Morgan fingerprint density at radius 2 is 1.06 bits per heavy atom. The molecule has 36 heavy (non-hydrogen) atoms. The van der Waals surface area contributed by atoms with Crippen molar-refractivity contribution >= 4 is 22.4 Å². The van der Waals surface area contributed by atoms with E-state index in [9.17, 15) is 0 Å². The Bertz CT molecular complexity index is 1710. The van der Waals surface area contributed by atoms with Gasteiger partial charge >= 0.3 is 0 Å². The summed E-state index contributed by atoms with van der Waals surface area (Å²) >= 11 is 0. The predicted molar refractivity (Wildman–Crippen MR) is 149 cm³/mol. The molecule has 0 unspecified atom stereocenters. The molecule has 0 saturated heterocycles. The molecule has 1 aliphatic heterocycles. The van der Waals surface area contributed by atoms with Crippen LogP contribution in [0.25, 0.3) is 44.7 Å². The summed E-state index contributed by atoms with van der Waals surface area (Å²) in [5, 5.41) is 0. The van der Waals surface area contributed by atoms with Crippen LogP contribution < -0.4 is 0 Å². The first kappa shape index (κ1) is 20.6. The second-order valence-electron chi connectivity index (χ2n) is 9.21. The van der Waals surface area contributed by atoms with E-state index in [-0.39, 0.29) is 0 Å². The van der Waals surface area contributed by atoms with E-state index >= 15 is 0 Å². The molecule has 1 aliphatic rings. The highest BCUT2D eigenvalue weighted by molar-refractivity contribution is 6.07. The van der Waals surface area contributed by atoms with Gasteiger partial charge in [-0.05, 0) is 45.5 Å². The van der Waals surface area contributed by atoms with E-state index in [1.807, 2.05) is 12.1 Å². The van der Waals surface area contributed by atoms with Crippen LogP contribution in [0.5, 0.6) is 0 Å². The predicted octanol–water partition coefficient (Wildman–Crippen LogP) is 8.24. The zero-order valence-corrected chi connectivity index (χ0v) is 19.6. The third-order valence-corrected chi connectivity index (χ3v) is 6.89. The smallest absolute Gasteiger partial charge is 0.138 e. The lowest BCUT2D eigenvalue weighted by Gasteiger charge is -2.04. The van der Waals surface area contributed by atoms with Crippen LogP contribution in [0.3, 0.4) is 0 Å². The van der Waals surface area contributed by atoms with E-state index in [4.69, 9.17) is 9.98 Å². The minimum absolute atomic E-state index is 0.829. The summed E-state index contributed by atoms with van der Waals surface area (Å²) < 4.78 is 0. The van der Waals surface area contributed by atoms with Gasteiger partial charge in [0.15, 0.2) is 0 Å². The largest absolute Gasteiger partial charge is 0.338 e. The highest BCUT2D eigenvalue weighted by atomic mass is 14.9. The maximum atomic E-state index is 4.96. The van der Waals surface area contributed by atoms with Gasteiger partial charge < -0.3 is 4.98 Å². The van der Waals surface area contributed by atoms with Crippen molar-refractivity contribution < 1.29 is 0 Å². The van der Waals surface area contributed by atoms with E-state index in [1.54, 1.807) is 0 Å². The molecule has 0 amide bonds. The van der Waals surface area contributed by atoms with Gasteiger partial charge in [0.05, 0.1) is 22.4 Å². The van der Waals surface area contributed by atoms with E-state index in [0.29, 0.717) is 0 Å². The number of fused-ring (bicyclic) bond motifs is 2. The Labute approximate surface area is 209 Å². The second-order valence-corrected chi connectivity index (χ2v) is 9.21. The zero-order chi connectivity index (χ0) is 23.9. The maximum absolute atomic E-state index is 4.96. The van der Waals surface area contributed by atoms with Gasteiger partial charge in [-0.15, -0.1) is 0 Å². The van der Waals surface area contributed by atoms with Gasteiger partial charge in [-0.2, -0.15) is 0 Å². The van der Waals surface area contributed by atoms with Crippen molar-refractivity contribution in [3.8, 4) is 33.6 Å². The quantitative estimate of drug-likeness (QED) is 0.282. The number of rotatable bonds is 4. The molecule has 170 valence electrons. The number of aromatic amines is 1. The summed E-state index contributed by atoms with van der Waals surface area (Å²) in [6, 6.07) is 42.5. The standard InChI is InChI=1S/C33H23N3/c1-3-7-22(8-4-1)24-11-15-26(16-12-24)29-19-28-20-31-32(21-30(28)34-29)36-33(35-31)27-17-13-25(14-18-27)23-9-5-2-6-10-23/h1-18,20-21H,19H2,(H,35,36). The van der Waals surface area contributed by atoms with Crippen LogP contribution >= 0.6 is 0 Å². The van der Waals surface area contributed by atoms with Crippen molar-refractivity contribution in [2.75, 3.05) is 0 Å². The molecule has 0 radical (unpaired) electrons. The normalized spacial score (nSPS) is 12.5. The third kappa shape index (κ3) is 3.71. The number of hydrogen-bond donors (Lipinski definition) is 1. The van der Waals surface area contributed by atoms with Crippen molar-refractivity contribution in [2.24, 2.45) is 4.99 Å². The molecule has 0 spiro atoms. The average molecular weight is 462 g/mol.